The second-order valence-corrected chi connectivity index (χ2v) is 5.36. The molecule has 0 heterocycles. The fraction of sp³-hybridized carbons (Fsp3) is 0.105. The molecule has 0 atom stereocenters. The predicted molar refractivity (Wildman–Crippen MR) is 88.7 cm³/mol. The van der Waals surface area contributed by atoms with Crippen molar-refractivity contribution in [3.05, 3.63) is 60.2 Å². The Morgan fingerprint density at radius 1 is 0.826 bits per heavy atom. The molecule has 3 rings (SSSR count). The van der Waals surface area contributed by atoms with Crippen LogP contribution in [0.5, 0.6) is 11.5 Å². The molecule has 0 aliphatic rings. The lowest BCUT2D eigenvalue weighted by atomic mass is 9.91. The van der Waals surface area contributed by atoms with Crippen LogP contribution in [-0.2, 0) is 11.2 Å². The number of benzene rings is 3. The highest BCUT2D eigenvalue weighted by atomic mass is 16.4. The zero-order valence-corrected chi connectivity index (χ0v) is 12.4. The van der Waals surface area contributed by atoms with Gasteiger partial charge >= 0.3 is 5.97 Å². The van der Waals surface area contributed by atoms with E-state index < -0.39 is 5.97 Å². The molecule has 3 aromatic carbocycles. The Bertz CT molecular complexity index is 869. The molecule has 3 aromatic rings. The average Bonchev–Trinajstić information content (AvgIpc) is 2.57. The van der Waals surface area contributed by atoms with Crippen LogP contribution < -0.4 is 0 Å². The predicted octanol–water partition coefficient (Wildman–Crippen LogP) is 3.94. The topological polar surface area (TPSA) is 77.8 Å². The van der Waals surface area contributed by atoms with E-state index in [1.807, 2.05) is 30.3 Å². The minimum absolute atomic E-state index is 0.0264. The third-order valence-electron chi connectivity index (χ3n) is 3.91. The Labute approximate surface area is 133 Å². The van der Waals surface area contributed by atoms with E-state index in [9.17, 15) is 15.0 Å². The Kier molecular flexibility index (Phi) is 3.89. The van der Waals surface area contributed by atoms with Crippen molar-refractivity contribution in [2.24, 2.45) is 0 Å². The van der Waals surface area contributed by atoms with Gasteiger partial charge in [-0.1, -0.05) is 54.6 Å². The summed E-state index contributed by atoms with van der Waals surface area (Å²) in [6.45, 7) is 0. The second-order valence-electron chi connectivity index (χ2n) is 5.36. The van der Waals surface area contributed by atoms with Crippen molar-refractivity contribution in [1.29, 1.82) is 0 Å². The molecule has 0 bridgehead atoms. The number of carboxylic acid groups (broad SMARTS) is 1. The van der Waals surface area contributed by atoms with E-state index in [1.165, 1.54) is 0 Å². The lowest BCUT2D eigenvalue weighted by Gasteiger charge is -2.16. The van der Waals surface area contributed by atoms with Gasteiger partial charge in [0.15, 0.2) is 0 Å². The van der Waals surface area contributed by atoms with Gasteiger partial charge in [-0.2, -0.15) is 0 Å². The number of carboxylic acids is 1. The first-order valence-corrected chi connectivity index (χ1v) is 7.32. The maximum Gasteiger partial charge on any atom is 0.303 e. The van der Waals surface area contributed by atoms with Gasteiger partial charge in [0.1, 0.15) is 11.5 Å². The van der Waals surface area contributed by atoms with Gasteiger partial charge in [-0.25, -0.2) is 0 Å². The van der Waals surface area contributed by atoms with Crippen LogP contribution in [0.25, 0.3) is 21.9 Å². The van der Waals surface area contributed by atoms with Crippen molar-refractivity contribution in [2.75, 3.05) is 0 Å². The van der Waals surface area contributed by atoms with Crippen LogP contribution in [0.2, 0.25) is 0 Å². The summed E-state index contributed by atoms with van der Waals surface area (Å²) in [5.41, 5.74) is 1.68. The van der Waals surface area contributed by atoms with Crippen molar-refractivity contribution in [1.82, 2.24) is 0 Å². The normalized spacial score (nSPS) is 10.8. The molecule has 3 N–H and O–H groups in total. The molecule has 116 valence electrons. The highest BCUT2D eigenvalue weighted by molar-refractivity contribution is 6.01. The molecule has 0 radical (unpaired) electrons. The molecule has 0 amide bonds. The van der Waals surface area contributed by atoms with Gasteiger partial charge in [0.2, 0.25) is 0 Å². The van der Waals surface area contributed by atoms with E-state index in [4.69, 9.17) is 5.11 Å². The highest BCUT2D eigenvalue weighted by Crippen LogP contribution is 2.45. The van der Waals surface area contributed by atoms with E-state index in [1.54, 1.807) is 24.3 Å². The number of carbonyl (C=O) groups is 1. The Morgan fingerprint density at radius 2 is 1.39 bits per heavy atom. The van der Waals surface area contributed by atoms with Crippen molar-refractivity contribution in [3.63, 3.8) is 0 Å². The molecular formula is C19H16O4. The van der Waals surface area contributed by atoms with Crippen molar-refractivity contribution in [2.45, 2.75) is 12.8 Å². The lowest BCUT2D eigenvalue weighted by Crippen LogP contribution is -2.00. The molecule has 4 heteroatoms. The average molecular weight is 308 g/mol. The number of hydrogen-bond donors (Lipinski definition) is 3. The molecule has 0 saturated heterocycles. The van der Waals surface area contributed by atoms with Crippen LogP contribution in [0, 0.1) is 0 Å². The summed E-state index contributed by atoms with van der Waals surface area (Å²) in [5.74, 6) is -0.862. The summed E-state index contributed by atoms with van der Waals surface area (Å²) in [5, 5.41) is 31.4. The number of aromatic hydroxyl groups is 2. The summed E-state index contributed by atoms with van der Waals surface area (Å²) >= 11 is 0. The molecule has 0 aliphatic heterocycles. The number of rotatable bonds is 4. The zero-order valence-electron chi connectivity index (χ0n) is 12.4. The first-order chi connectivity index (χ1) is 11.1. The van der Waals surface area contributed by atoms with Gasteiger partial charge in [-0.05, 0) is 12.0 Å². The van der Waals surface area contributed by atoms with E-state index in [0.717, 1.165) is 5.56 Å². The van der Waals surface area contributed by atoms with Crippen LogP contribution in [0.1, 0.15) is 12.0 Å². The molecule has 0 aliphatic carbocycles. The van der Waals surface area contributed by atoms with Crippen molar-refractivity contribution in [3.8, 4) is 22.6 Å². The number of phenolic OH excluding ortho intramolecular Hbond substituents is 2. The van der Waals surface area contributed by atoms with E-state index in [2.05, 4.69) is 0 Å². The molecule has 4 nitrogen and oxygen atoms in total. The van der Waals surface area contributed by atoms with Crippen LogP contribution in [-0.4, -0.2) is 21.3 Å². The summed E-state index contributed by atoms with van der Waals surface area (Å²) in [6.07, 6.45) is 0.0228. The van der Waals surface area contributed by atoms with E-state index in [0.29, 0.717) is 21.9 Å². The second kappa shape index (κ2) is 6.01. The van der Waals surface area contributed by atoms with Crippen molar-refractivity contribution < 1.29 is 20.1 Å². The monoisotopic (exact) mass is 308 g/mol. The Morgan fingerprint density at radius 3 is 2.00 bits per heavy atom. The standard InChI is InChI=1S/C19H16O4/c20-16(21)11-10-15-17(12-6-2-1-3-7-12)19(23)14-9-5-4-8-13(14)18(15)22/h1-9,22-23H,10-11H2,(H,20,21). The zero-order chi connectivity index (χ0) is 16.4. The number of hydrogen-bond acceptors (Lipinski definition) is 3. The number of aliphatic carboxylic acids is 1. The molecule has 0 fully saturated rings. The molecule has 0 aromatic heterocycles. The maximum atomic E-state index is 10.9. The van der Waals surface area contributed by atoms with Crippen molar-refractivity contribution >= 4 is 16.7 Å². The van der Waals surface area contributed by atoms with Crippen LogP contribution in [0.4, 0.5) is 0 Å². The largest absolute Gasteiger partial charge is 0.507 e. The number of phenols is 2. The molecule has 0 spiro atoms. The Balaban J connectivity index is 2.32. The smallest absolute Gasteiger partial charge is 0.303 e. The van der Waals surface area contributed by atoms with Crippen LogP contribution in [0.3, 0.4) is 0 Å². The summed E-state index contributed by atoms with van der Waals surface area (Å²) in [4.78, 5) is 10.9. The van der Waals surface area contributed by atoms with Crippen LogP contribution in [0.15, 0.2) is 54.6 Å². The van der Waals surface area contributed by atoms with E-state index >= 15 is 0 Å². The van der Waals surface area contributed by atoms with Gasteiger partial charge in [-0.15, -0.1) is 0 Å². The number of fused-ring (bicyclic) bond motifs is 1. The molecule has 23 heavy (non-hydrogen) atoms. The summed E-state index contributed by atoms with van der Waals surface area (Å²) in [7, 11) is 0. The minimum atomic E-state index is -0.948. The van der Waals surface area contributed by atoms with Gasteiger partial charge < -0.3 is 15.3 Å². The summed E-state index contributed by atoms with van der Waals surface area (Å²) in [6, 6.07) is 16.2. The fourth-order valence-electron chi connectivity index (χ4n) is 2.85. The molecule has 0 saturated carbocycles. The van der Waals surface area contributed by atoms with Gasteiger partial charge in [0.05, 0.1) is 0 Å². The van der Waals surface area contributed by atoms with Crippen LogP contribution >= 0.6 is 0 Å². The third-order valence-corrected chi connectivity index (χ3v) is 3.91. The van der Waals surface area contributed by atoms with Gasteiger partial charge in [-0.3, -0.25) is 4.79 Å². The van der Waals surface area contributed by atoms with Gasteiger partial charge in [0.25, 0.3) is 0 Å². The minimum Gasteiger partial charge on any atom is -0.507 e. The third kappa shape index (κ3) is 2.71. The molecule has 0 unspecified atom stereocenters. The molecular weight excluding hydrogens is 292 g/mol. The summed E-state index contributed by atoms with van der Waals surface area (Å²) < 4.78 is 0. The first-order valence-electron chi connectivity index (χ1n) is 7.32. The van der Waals surface area contributed by atoms with E-state index in [-0.39, 0.29) is 24.3 Å². The fourth-order valence-corrected chi connectivity index (χ4v) is 2.85. The quantitative estimate of drug-likeness (QED) is 0.638. The SMILES string of the molecule is O=C(O)CCc1c(-c2ccccc2)c(O)c2ccccc2c1O. The van der Waals surface area contributed by atoms with Gasteiger partial charge in [0, 0.05) is 28.3 Å². The first kappa shape index (κ1) is 14.9. The highest BCUT2D eigenvalue weighted by Gasteiger charge is 2.20. The maximum absolute atomic E-state index is 10.9. The lowest BCUT2D eigenvalue weighted by molar-refractivity contribution is -0.136. The Hall–Kier alpha value is -3.01.